The second-order valence-electron chi connectivity index (χ2n) is 11.2. The SMILES string of the molecule is O=C(O)CC1CCN(Cc2c[nH]c3ccccc23)CC1CCN1CC2CC(C1)c1cccc(=O)n1C2. The molecule has 4 unspecified atom stereocenters. The first-order valence-corrected chi connectivity index (χ1v) is 13.4. The van der Waals surface area contributed by atoms with Gasteiger partial charge in [-0.2, -0.15) is 0 Å². The van der Waals surface area contributed by atoms with Gasteiger partial charge in [-0.15, -0.1) is 0 Å². The maximum Gasteiger partial charge on any atom is 0.303 e. The van der Waals surface area contributed by atoms with E-state index < -0.39 is 5.97 Å². The summed E-state index contributed by atoms with van der Waals surface area (Å²) in [7, 11) is 0. The summed E-state index contributed by atoms with van der Waals surface area (Å²) in [5, 5.41) is 10.8. The second kappa shape index (κ2) is 9.87. The van der Waals surface area contributed by atoms with Crippen molar-refractivity contribution < 1.29 is 9.90 Å². The molecule has 0 spiro atoms. The monoisotopic (exact) mass is 488 g/mol. The lowest BCUT2D eigenvalue weighted by Crippen LogP contribution is -2.48. The largest absolute Gasteiger partial charge is 0.481 e. The number of pyridine rings is 1. The number of carboxylic acids is 1. The summed E-state index contributed by atoms with van der Waals surface area (Å²) in [5.74, 6) is 0.897. The molecule has 0 saturated carbocycles. The minimum atomic E-state index is -0.676. The van der Waals surface area contributed by atoms with Gasteiger partial charge in [-0.25, -0.2) is 0 Å². The molecular weight excluding hydrogens is 452 g/mol. The van der Waals surface area contributed by atoms with Crippen LogP contribution in [0.15, 0.2) is 53.5 Å². The molecule has 0 aliphatic carbocycles. The van der Waals surface area contributed by atoms with Crippen LogP contribution in [-0.2, 0) is 17.9 Å². The predicted octanol–water partition coefficient (Wildman–Crippen LogP) is 3.75. The number of para-hydroxylation sites is 1. The Morgan fingerprint density at radius 2 is 1.89 bits per heavy atom. The number of piperidine rings is 2. The molecule has 36 heavy (non-hydrogen) atoms. The summed E-state index contributed by atoms with van der Waals surface area (Å²) in [4.78, 5) is 32.5. The van der Waals surface area contributed by atoms with Crippen LogP contribution in [0.1, 0.15) is 42.9 Å². The van der Waals surface area contributed by atoms with Gasteiger partial charge in [0.1, 0.15) is 0 Å². The van der Waals surface area contributed by atoms with E-state index >= 15 is 0 Å². The molecule has 6 rings (SSSR count). The zero-order valence-corrected chi connectivity index (χ0v) is 20.8. The first-order valence-electron chi connectivity index (χ1n) is 13.4. The van der Waals surface area contributed by atoms with Crippen LogP contribution < -0.4 is 5.56 Å². The standard InChI is InChI=1S/C29H36N4O3/c34-28-7-3-6-27-23-12-20(16-33(27)28)15-31(18-23)11-9-22-17-32(10-8-21(22)13-29(35)36)19-24-14-30-26-5-2-1-4-25(24)26/h1-7,14,20-23,30H,8-13,15-19H2,(H,35,36). The molecule has 3 aliphatic rings. The number of aromatic amines is 1. The van der Waals surface area contributed by atoms with Crippen molar-refractivity contribution in [3.63, 3.8) is 0 Å². The van der Waals surface area contributed by atoms with E-state index in [0.29, 0.717) is 17.8 Å². The molecular formula is C29H36N4O3. The summed E-state index contributed by atoms with van der Waals surface area (Å²) >= 11 is 0. The van der Waals surface area contributed by atoms with Crippen LogP contribution in [0.2, 0.25) is 0 Å². The molecule has 3 aliphatic heterocycles. The van der Waals surface area contributed by atoms with E-state index in [-0.39, 0.29) is 17.9 Å². The number of benzene rings is 1. The number of carbonyl (C=O) groups is 1. The van der Waals surface area contributed by atoms with Gasteiger partial charge in [-0.1, -0.05) is 24.3 Å². The fraction of sp³-hybridized carbons (Fsp3) is 0.517. The zero-order valence-electron chi connectivity index (χ0n) is 20.8. The van der Waals surface area contributed by atoms with Crippen LogP contribution in [0.4, 0.5) is 0 Å². The van der Waals surface area contributed by atoms with E-state index in [1.165, 1.54) is 28.6 Å². The topological polar surface area (TPSA) is 81.6 Å². The van der Waals surface area contributed by atoms with Crippen LogP contribution in [0.5, 0.6) is 0 Å². The highest BCUT2D eigenvalue weighted by Gasteiger charge is 2.36. The number of likely N-dealkylation sites (tertiary alicyclic amines) is 2. The van der Waals surface area contributed by atoms with Crippen molar-refractivity contribution in [2.24, 2.45) is 17.8 Å². The summed E-state index contributed by atoms with van der Waals surface area (Å²) in [6, 6.07) is 14.1. The van der Waals surface area contributed by atoms with Crippen molar-refractivity contribution in [1.82, 2.24) is 19.4 Å². The predicted molar refractivity (Wildman–Crippen MR) is 140 cm³/mol. The summed E-state index contributed by atoms with van der Waals surface area (Å²) < 4.78 is 1.99. The van der Waals surface area contributed by atoms with E-state index in [2.05, 4.69) is 51.3 Å². The molecule has 1 aromatic carbocycles. The molecule has 0 amide bonds. The van der Waals surface area contributed by atoms with Gasteiger partial charge in [0.15, 0.2) is 0 Å². The first-order chi connectivity index (χ1) is 17.5. The van der Waals surface area contributed by atoms with Crippen LogP contribution in [0.25, 0.3) is 10.9 Å². The third-order valence-corrected chi connectivity index (χ3v) is 8.85. The molecule has 3 aromatic rings. The van der Waals surface area contributed by atoms with Crippen molar-refractivity contribution in [1.29, 1.82) is 0 Å². The Morgan fingerprint density at radius 3 is 2.78 bits per heavy atom. The molecule has 4 atom stereocenters. The quantitative estimate of drug-likeness (QED) is 0.529. The van der Waals surface area contributed by atoms with Gasteiger partial charge < -0.3 is 19.6 Å². The van der Waals surface area contributed by atoms with Crippen molar-refractivity contribution in [2.75, 3.05) is 32.7 Å². The first kappa shape index (κ1) is 23.5. The molecule has 2 fully saturated rings. The smallest absolute Gasteiger partial charge is 0.303 e. The van der Waals surface area contributed by atoms with Crippen molar-refractivity contribution in [2.45, 2.75) is 44.7 Å². The number of carboxylic acid groups (broad SMARTS) is 1. The fourth-order valence-corrected chi connectivity index (χ4v) is 7.15. The van der Waals surface area contributed by atoms with Crippen LogP contribution in [0.3, 0.4) is 0 Å². The minimum Gasteiger partial charge on any atom is -0.481 e. The summed E-state index contributed by atoms with van der Waals surface area (Å²) in [5.41, 5.74) is 3.81. The molecule has 5 heterocycles. The molecule has 2 saturated heterocycles. The minimum absolute atomic E-state index is 0.129. The summed E-state index contributed by atoms with van der Waals surface area (Å²) in [6.07, 6.45) is 5.54. The van der Waals surface area contributed by atoms with E-state index in [0.717, 1.165) is 58.7 Å². The van der Waals surface area contributed by atoms with Gasteiger partial charge in [0.05, 0.1) is 0 Å². The number of fused-ring (bicyclic) bond motifs is 5. The Morgan fingerprint density at radius 1 is 1.00 bits per heavy atom. The molecule has 190 valence electrons. The Balaban J connectivity index is 1.12. The number of H-pyrrole nitrogens is 1. The van der Waals surface area contributed by atoms with Gasteiger partial charge in [0.25, 0.3) is 5.56 Å². The number of aromatic nitrogens is 2. The molecule has 2 aromatic heterocycles. The lowest BCUT2D eigenvalue weighted by Gasteiger charge is -2.44. The normalized spacial score (nSPS) is 26.7. The molecule has 7 heteroatoms. The lowest BCUT2D eigenvalue weighted by molar-refractivity contribution is -0.139. The van der Waals surface area contributed by atoms with Gasteiger partial charge >= 0.3 is 5.97 Å². The Labute approximate surface area is 211 Å². The number of nitrogens with zero attached hydrogens (tertiary/aromatic N) is 3. The average molecular weight is 489 g/mol. The number of hydrogen-bond acceptors (Lipinski definition) is 4. The zero-order chi connectivity index (χ0) is 24.6. The maximum atomic E-state index is 12.3. The lowest BCUT2D eigenvalue weighted by atomic mass is 9.80. The van der Waals surface area contributed by atoms with Crippen LogP contribution in [0, 0.1) is 17.8 Å². The van der Waals surface area contributed by atoms with E-state index in [9.17, 15) is 14.7 Å². The van der Waals surface area contributed by atoms with Crippen molar-refractivity contribution in [3.8, 4) is 0 Å². The molecule has 2 N–H and O–H groups in total. The number of hydrogen-bond donors (Lipinski definition) is 2. The van der Waals surface area contributed by atoms with E-state index in [1.807, 2.05) is 10.6 Å². The third kappa shape index (κ3) is 4.74. The Kier molecular flexibility index (Phi) is 6.44. The second-order valence-corrected chi connectivity index (χ2v) is 11.2. The van der Waals surface area contributed by atoms with Crippen LogP contribution >= 0.6 is 0 Å². The summed E-state index contributed by atoms with van der Waals surface area (Å²) in [6.45, 7) is 6.67. The van der Waals surface area contributed by atoms with Crippen molar-refractivity contribution >= 4 is 16.9 Å². The van der Waals surface area contributed by atoms with E-state index in [1.54, 1.807) is 6.07 Å². The Bertz CT molecular complexity index is 1300. The highest BCUT2D eigenvalue weighted by atomic mass is 16.4. The maximum absolute atomic E-state index is 12.3. The molecule has 0 radical (unpaired) electrons. The van der Waals surface area contributed by atoms with Crippen LogP contribution in [-0.4, -0.2) is 63.2 Å². The third-order valence-electron chi connectivity index (χ3n) is 8.85. The number of aliphatic carboxylic acids is 1. The average Bonchev–Trinajstić information content (AvgIpc) is 3.27. The number of nitrogens with one attached hydrogen (secondary N) is 1. The molecule has 2 bridgehead atoms. The fourth-order valence-electron chi connectivity index (χ4n) is 7.15. The Hall–Kier alpha value is -2.90. The van der Waals surface area contributed by atoms with Gasteiger partial charge in [0.2, 0.25) is 0 Å². The van der Waals surface area contributed by atoms with Gasteiger partial charge in [-0.05, 0) is 67.8 Å². The number of rotatable bonds is 7. The van der Waals surface area contributed by atoms with Crippen molar-refractivity contribution in [3.05, 3.63) is 70.3 Å². The molecule has 7 nitrogen and oxygen atoms in total. The van der Waals surface area contributed by atoms with Gasteiger partial charge in [-0.3, -0.25) is 14.5 Å². The highest BCUT2D eigenvalue weighted by Crippen LogP contribution is 2.36. The van der Waals surface area contributed by atoms with Gasteiger partial charge in [0, 0.05) is 73.9 Å². The highest BCUT2D eigenvalue weighted by molar-refractivity contribution is 5.82. The van der Waals surface area contributed by atoms with E-state index in [4.69, 9.17) is 0 Å².